The third kappa shape index (κ3) is 2.59. The van der Waals surface area contributed by atoms with Gasteiger partial charge in [-0.15, -0.1) is 0 Å². The van der Waals surface area contributed by atoms with Crippen LogP contribution in [0.15, 0.2) is 18.5 Å². The summed E-state index contributed by atoms with van der Waals surface area (Å²) in [5.74, 6) is 1.35. The lowest BCUT2D eigenvalue weighted by atomic mass is 9.64. The van der Waals surface area contributed by atoms with Gasteiger partial charge < -0.3 is 5.73 Å². The van der Waals surface area contributed by atoms with Crippen molar-refractivity contribution < 1.29 is 0 Å². The number of rotatable bonds is 2. The van der Waals surface area contributed by atoms with Gasteiger partial charge in [0.2, 0.25) is 0 Å². The largest absolute Gasteiger partial charge is 0.327 e. The molecule has 1 aliphatic rings. The van der Waals surface area contributed by atoms with Gasteiger partial charge in [-0.1, -0.05) is 33.3 Å². The van der Waals surface area contributed by atoms with Crippen molar-refractivity contribution in [3.63, 3.8) is 0 Å². The number of pyridine rings is 1. The number of nitrogens with two attached hydrogens (primary N) is 1. The average Bonchev–Trinajstić information content (AvgIpc) is 2.28. The molecule has 1 fully saturated rings. The number of nitrogens with zero attached hydrogens (tertiary/aromatic N) is 1. The number of hydrogen-bond acceptors (Lipinski definition) is 2. The summed E-state index contributed by atoms with van der Waals surface area (Å²) in [6.45, 7) is 9.07. The minimum atomic E-state index is 0.124. The van der Waals surface area contributed by atoms with E-state index in [1.165, 1.54) is 24.0 Å². The molecule has 3 atom stereocenters. The number of aryl methyl sites for hydroxylation is 1. The van der Waals surface area contributed by atoms with Crippen molar-refractivity contribution in [2.24, 2.45) is 17.6 Å². The molecule has 1 aromatic rings. The van der Waals surface area contributed by atoms with Gasteiger partial charge in [-0.3, -0.25) is 4.98 Å². The van der Waals surface area contributed by atoms with Gasteiger partial charge in [-0.25, -0.2) is 0 Å². The molecule has 0 bridgehead atoms. The van der Waals surface area contributed by atoms with E-state index in [0.29, 0.717) is 12.0 Å². The van der Waals surface area contributed by atoms with Crippen LogP contribution in [0.25, 0.3) is 0 Å². The van der Waals surface area contributed by atoms with E-state index in [1.807, 2.05) is 12.4 Å². The third-order valence-electron chi connectivity index (χ3n) is 4.71. The molecule has 100 valence electrons. The molecule has 0 radical (unpaired) electrons. The lowest BCUT2D eigenvalue weighted by molar-refractivity contribution is 0.171. The second-order valence-electron chi connectivity index (χ2n) is 6.66. The highest BCUT2D eigenvalue weighted by atomic mass is 14.7. The van der Waals surface area contributed by atoms with Crippen LogP contribution in [0.1, 0.15) is 51.2 Å². The van der Waals surface area contributed by atoms with Crippen molar-refractivity contribution in [1.82, 2.24) is 4.98 Å². The maximum Gasteiger partial charge on any atom is 0.0305 e. The molecule has 0 aliphatic heterocycles. The van der Waals surface area contributed by atoms with E-state index in [9.17, 15) is 0 Å². The van der Waals surface area contributed by atoms with Crippen LogP contribution in [0.5, 0.6) is 0 Å². The molecule has 1 aromatic heterocycles. The first kappa shape index (κ1) is 13.5. The zero-order valence-electron chi connectivity index (χ0n) is 12.1. The SMILES string of the molecule is Cc1cncc(C(C)(C)C2CCC(C)CC2N)c1. The van der Waals surface area contributed by atoms with Crippen LogP contribution >= 0.6 is 0 Å². The third-order valence-corrected chi connectivity index (χ3v) is 4.71. The van der Waals surface area contributed by atoms with E-state index in [0.717, 1.165) is 12.3 Å². The zero-order chi connectivity index (χ0) is 13.3. The van der Waals surface area contributed by atoms with Crippen molar-refractivity contribution in [3.8, 4) is 0 Å². The second kappa shape index (κ2) is 5.00. The summed E-state index contributed by atoms with van der Waals surface area (Å²) in [6.07, 6.45) is 7.64. The van der Waals surface area contributed by atoms with Gasteiger partial charge in [0.15, 0.2) is 0 Å². The average molecular weight is 246 g/mol. The zero-order valence-corrected chi connectivity index (χ0v) is 12.1. The minimum Gasteiger partial charge on any atom is -0.327 e. The van der Waals surface area contributed by atoms with Crippen molar-refractivity contribution >= 4 is 0 Å². The van der Waals surface area contributed by atoms with Crippen molar-refractivity contribution in [3.05, 3.63) is 29.6 Å². The molecule has 2 nitrogen and oxygen atoms in total. The quantitative estimate of drug-likeness (QED) is 0.868. The summed E-state index contributed by atoms with van der Waals surface area (Å²) in [6, 6.07) is 2.59. The topological polar surface area (TPSA) is 38.9 Å². The first-order valence-electron chi connectivity index (χ1n) is 7.09. The molecule has 1 aliphatic carbocycles. The van der Waals surface area contributed by atoms with E-state index in [-0.39, 0.29) is 5.41 Å². The first-order chi connectivity index (χ1) is 8.41. The molecule has 0 saturated heterocycles. The van der Waals surface area contributed by atoms with Crippen LogP contribution in [-0.4, -0.2) is 11.0 Å². The van der Waals surface area contributed by atoms with Crippen LogP contribution in [0.4, 0.5) is 0 Å². The standard InChI is InChI=1S/C16H26N2/c1-11-5-6-14(15(17)8-11)16(3,4)13-7-12(2)9-18-10-13/h7,9-11,14-15H,5-6,8,17H2,1-4H3. The Kier molecular flexibility index (Phi) is 3.76. The molecule has 1 saturated carbocycles. The summed E-state index contributed by atoms with van der Waals surface area (Å²) < 4.78 is 0. The van der Waals surface area contributed by atoms with Crippen molar-refractivity contribution in [1.29, 1.82) is 0 Å². The summed E-state index contributed by atoms with van der Waals surface area (Å²) in [7, 11) is 0. The van der Waals surface area contributed by atoms with Gasteiger partial charge in [0.1, 0.15) is 0 Å². The number of hydrogen-bond donors (Lipinski definition) is 1. The van der Waals surface area contributed by atoms with Gasteiger partial charge >= 0.3 is 0 Å². The fourth-order valence-electron chi connectivity index (χ4n) is 3.44. The van der Waals surface area contributed by atoms with Crippen molar-refractivity contribution in [2.45, 2.75) is 58.4 Å². The van der Waals surface area contributed by atoms with E-state index < -0.39 is 0 Å². The Bertz CT molecular complexity index is 411. The molecule has 1 heterocycles. The molecular formula is C16H26N2. The van der Waals surface area contributed by atoms with Gasteiger partial charge in [0, 0.05) is 18.4 Å². The first-order valence-corrected chi connectivity index (χ1v) is 7.09. The van der Waals surface area contributed by atoms with Crippen molar-refractivity contribution in [2.75, 3.05) is 0 Å². The Balaban J connectivity index is 2.25. The highest BCUT2D eigenvalue weighted by Gasteiger charge is 2.38. The lowest BCUT2D eigenvalue weighted by Gasteiger charge is -2.43. The Labute approximate surface area is 111 Å². The number of aromatic nitrogens is 1. The molecule has 2 rings (SSSR count). The molecule has 0 amide bonds. The molecule has 2 N–H and O–H groups in total. The normalized spacial score (nSPS) is 29.3. The second-order valence-corrected chi connectivity index (χ2v) is 6.66. The maximum absolute atomic E-state index is 6.41. The van der Waals surface area contributed by atoms with Crippen LogP contribution in [0, 0.1) is 18.8 Å². The fourth-order valence-corrected chi connectivity index (χ4v) is 3.44. The fraction of sp³-hybridized carbons (Fsp3) is 0.688. The van der Waals surface area contributed by atoms with E-state index >= 15 is 0 Å². The van der Waals surface area contributed by atoms with Gasteiger partial charge in [0.25, 0.3) is 0 Å². The molecule has 2 heteroatoms. The van der Waals surface area contributed by atoms with Crippen LogP contribution in [-0.2, 0) is 5.41 Å². The maximum atomic E-state index is 6.41. The summed E-state index contributed by atoms with van der Waals surface area (Å²) in [4.78, 5) is 4.34. The Morgan fingerprint density at radius 3 is 2.61 bits per heavy atom. The van der Waals surface area contributed by atoms with Crippen LogP contribution < -0.4 is 5.73 Å². The summed E-state index contributed by atoms with van der Waals surface area (Å²) in [5, 5.41) is 0. The minimum absolute atomic E-state index is 0.124. The van der Waals surface area contributed by atoms with Gasteiger partial charge in [-0.05, 0) is 48.1 Å². The highest BCUT2D eigenvalue weighted by molar-refractivity contribution is 5.26. The summed E-state index contributed by atoms with van der Waals surface area (Å²) in [5.41, 5.74) is 9.10. The molecule has 0 spiro atoms. The molecule has 0 aromatic carbocycles. The van der Waals surface area contributed by atoms with Crippen LogP contribution in [0.3, 0.4) is 0 Å². The molecule has 3 unspecified atom stereocenters. The van der Waals surface area contributed by atoms with Crippen LogP contribution in [0.2, 0.25) is 0 Å². The monoisotopic (exact) mass is 246 g/mol. The smallest absolute Gasteiger partial charge is 0.0305 e. The predicted molar refractivity (Wildman–Crippen MR) is 76.5 cm³/mol. The highest BCUT2D eigenvalue weighted by Crippen LogP contribution is 2.41. The van der Waals surface area contributed by atoms with E-state index in [1.54, 1.807) is 0 Å². The Morgan fingerprint density at radius 1 is 1.28 bits per heavy atom. The van der Waals surface area contributed by atoms with Gasteiger partial charge in [0.05, 0.1) is 0 Å². The molecule has 18 heavy (non-hydrogen) atoms. The Hall–Kier alpha value is -0.890. The lowest BCUT2D eigenvalue weighted by Crippen LogP contribution is -2.45. The predicted octanol–water partition coefficient (Wildman–Crippen LogP) is 3.43. The van der Waals surface area contributed by atoms with E-state index in [4.69, 9.17) is 5.73 Å². The molecular weight excluding hydrogens is 220 g/mol. The van der Waals surface area contributed by atoms with E-state index in [2.05, 4.69) is 38.7 Å². The van der Waals surface area contributed by atoms with Gasteiger partial charge in [-0.2, -0.15) is 0 Å². The Morgan fingerprint density at radius 2 is 2.00 bits per heavy atom. The summed E-state index contributed by atoms with van der Waals surface area (Å²) >= 11 is 0.